The monoisotopic (exact) mass is 299 g/mol. The van der Waals surface area contributed by atoms with Gasteiger partial charge in [-0.05, 0) is 12.5 Å². The molecule has 1 radical (unpaired) electrons. The lowest BCUT2D eigenvalue weighted by molar-refractivity contribution is 1.46. The van der Waals surface area contributed by atoms with Crippen molar-refractivity contribution < 1.29 is 0 Å². The molecule has 0 aliphatic heterocycles. The Morgan fingerprint density at radius 3 is 1.77 bits per heavy atom. The average molecular weight is 299 g/mol. The van der Waals surface area contributed by atoms with E-state index in [0.717, 1.165) is 0 Å². The van der Waals surface area contributed by atoms with E-state index in [0.29, 0.717) is 0 Å². The molecule has 3 rings (SSSR count). The molecule has 0 heterocycles. The first kappa shape index (κ1) is 14.5. The summed E-state index contributed by atoms with van der Waals surface area (Å²) in [6.07, 6.45) is 0. The summed E-state index contributed by atoms with van der Waals surface area (Å²) in [5, 5.41) is 4.00. The summed E-state index contributed by atoms with van der Waals surface area (Å²) in [6.45, 7) is 6.60. The minimum atomic E-state index is -1.04. The summed E-state index contributed by atoms with van der Waals surface area (Å²) >= 11 is 0. The van der Waals surface area contributed by atoms with Gasteiger partial charge in [0.1, 0.15) is 0 Å². The average Bonchev–Trinajstić information content (AvgIpc) is 2.57. The van der Waals surface area contributed by atoms with Crippen molar-refractivity contribution >= 4 is 24.4 Å². The van der Waals surface area contributed by atoms with E-state index in [4.69, 9.17) is 0 Å². The molecule has 22 heavy (non-hydrogen) atoms. The van der Waals surface area contributed by atoms with Crippen molar-refractivity contribution in [1.82, 2.24) is 0 Å². The normalized spacial score (nSPS) is 10.6. The van der Waals surface area contributed by atoms with Gasteiger partial charge in [0.15, 0.2) is 8.80 Å². The number of aryl methyl sites for hydroxylation is 1. The number of hydrogen-bond acceptors (Lipinski definition) is 0. The first-order valence-electron chi connectivity index (χ1n) is 7.50. The predicted molar refractivity (Wildman–Crippen MR) is 98.1 cm³/mol. The lowest BCUT2D eigenvalue weighted by Gasteiger charge is -2.19. The van der Waals surface area contributed by atoms with Gasteiger partial charge in [-0.2, -0.15) is 0 Å². The van der Waals surface area contributed by atoms with Gasteiger partial charge in [-0.1, -0.05) is 113 Å². The van der Waals surface area contributed by atoms with Crippen molar-refractivity contribution in [3.8, 4) is 0 Å². The number of rotatable bonds is 4. The van der Waals surface area contributed by atoms with Gasteiger partial charge < -0.3 is 0 Å². The SMILES string of the molecule is C=C(c1cccc(C)c1)[Si](c1ccccc1)c1ccccc1. The van der Waals surface area contributed by atoms with Crippen LogP contribution >= 0.6 is 0 Å². The van der Waals surface area contributed by atoms with Crippen LogP contribution in [0.25, 0.3) is 5.20 Å². The zero-order valence-corrected chi connectivity index (χ0v) is 13.8. The van der Waals surface area contributed by atoms with E-state index in [2.05, 4.69) is 98.4 Å². The largest absolute Gasteiger partial charge is 0.154 e. The van der Waals surface area contributed by atoms with Crippen molar-refractivity contribution in [3.05, 3.63) is 103 Å². The molecule has 1 heteroatoms. The van der Waals surface area contributed by atoms with Crippen molar-refractivity contribution in [2.24, 2.45) is 0 Å². The minimum Gasteiger partial charge on any atom is -0.0986 e. The Hall–Kier alpha value is -2.38. The predicted octanol–water partition coefficient (Wildman–Crippen LogP) is 3.86. The van der Waals surface area contributed by atoms with Gasteiger partial charge in [0.2, 0.25) is 0 Å². The molecular formula is C21H19Si. The van der Waals surface area contributed by atoms with Crippen LogP contribution in [0, 0.1) is 6.92 Å². The molecule has 0 spiro atoms. The smallest absolute Gasteiger partial charge is 0.0986 e. The summed E-state index contributed by atoms with van der Waals surface area (Å²) in [4.78, 5) is 0. The molecule has 107 valence electrons. The molecule has 0 saturated heterocycles. The Balaban J connectivity index is 2.08. The van der Waals surface area contributed by atoms with E-state index in [9.17, 15) is 0 Å². The standard InChI is InChI=1S/C21H19Si/c1-17-10-9-11-19(16-17)18(2)22(20-12-5-3-6-13-20)21-14-7-4-8-15-21/h3-16H,2H2,1H3. The second-order valence-corrected chi connectivity index (χ2v) is 7.96. The maximum atomic E-state index is 4.46. The first-order chi connectivity index (χ1) is 10.8. The number of hydrogen-bond donors (Lipinski definition) is 0. The van der Waals surface area contributed by atoms with Crippen LogP contribution in [0.15, 0.2) is 91.5 Å². The third-order valence-corrected chi connectivity index (χ3v) is 6.51. The van der Waals surface area contributed by atoms with Crippen LogP contribution < -0.4 is 10.4 Å². The van der Waals surface area contributed by atoms with Gasteiger partial charge >= 0.3 is 0 Å². The fourth-order valence-electron chi connectivity index (χ4n) is 2.70. The van der Waals surface area contributed by atoms with Crippen molar-refractivity contribution in [2.75, 3.05) is 0 Å². The Morgan fingerprint density at radius 1 is 0.727 bits per heavy atom. The topological polar surface area (TPSA) is 0 Å². The molecule has 0 aromatic heterocycles. The Kier molecular flexibility index (Phi) is 4.36. The van der Waals surface area contributed by atoms with Crippen LogP contribution in [0.3, 0.4) is 0 Å². The quantitative estimate of drug-likeness (QED) is 0.642. The molecule has 3 aromatic rings. The first-order valence-corrected chi connectivity index (χ1v) is 9.00. The lowest BCUT2D eigenvalue weighted by Crippen LogP contribution is -2.43. The van der Waals surface area contributed by atoms with Crippen molar-refractivity contribution in [1.29, 1.82) is 0 Å². The van der Waals surface area contributed by atoms with Gasteiger partial charge in [0, 0.05) is 0 Å². The maximum Gasteiger partial charge on any atom is 0.154 e. The van der Waals surface area contributed by atoms with E-state index >= 15 is 0 Å². The molecule has 0 N–H and O–H groups in total. The summed E-state index contributed by atoms with van der Waals surface area (Å²) in [5.74, 6) is 0. The van der Waals surface area contributed by atoms with E-state index in [-0.39, 0.29) is 0 Å². The third-order valence-electron chi connectivity index (χ3n) is 3.79. The van der Waals surface area contributed by atoms with Crippen molar-refractivity contribution in [3.63, 3.8) is 0 Å². The molecule has 0 amide bonds. The maximum absolute atomic E-state index is 4.46. The van der Waals surface area contributed by atoms with Crippen LogP contribution in [0.5, 0.6) is 0 Å². The number of benzene rings is 3. The zero-order valence-electron chi connectivity index (χ0n) is 12.8. The summed E-state index contributed by atoms with van der Waals surface area (Å²) in [5.41, 5.74) is 2.53. The molecule has 0 nitrogen and oxygen atoms in total. The molecule has 0 unspecified atom stereocenters. The van der Waals surface area contributed by atoms with E-state index in [1.165, 1.54) is 26.7 Å². The van der Waals surface area contributed by atoms with Gasteiger partial charge in [0.25, 0.3) is 0 Å². The molecule has 3 aromatic carbocycles. The van der Waals surface area contributed by atoms with Crippen LogP contribution in [-0.4, -0.2) is 8.80 Å². The highest BCUT2D eigenvalue weighted by Gasteiger charge is 2.21. The lowest BCUT2D eigenvalue weighted by atomic mass is 10.1. The summed E-state index contributed by atoms with van der Waals surface area (Å²) in [7, 11) is -1.04. The molecule has 0 aliphatic carbocycles. The van der Waals surface area contributed by atoms with Crippen molar-refractivity contribution in [2.45, 2.75) is 6.92 Å². The van der Waals surface area contributed by atoms with Gasteiger partial charge in [0.05, 0.1) is 0 Å². The third kappa shape index (κ3) is 3.10. The van der Waals surface area contributed by atoms with E-state index < -0.39 is 8.80 Å². The fourth-order valence-corrected chi connectivity index (χ4v) is 5.23. The molecular weight excluding hydrogens is 280 g/mol. The fraction of sp³-hybridized carbons (Fsp3) is 0.0476. The van der Waals surface area contributed by atoms with Crippen LogP contribution in [0.4, 0.5) is 0 Å². The summed E-state index contributed by atoms with van der Waals surface area (Å²) in [6, 6.07) is 30.2. The van der Waals surface area contributed by atoms with Crippen LogP contribution in [0.2, 0.25) is 0 Å². The van der Waals surface area contributed by atoms with Gasteiger partial charge in [-0.15, -0.1) is 0 Å². The minimum absolute atomic E-state index is 1.04. The highest BCUT2D eigenvalue weighted by atomic mass is 28.3. The zero-order chi connectivity index (χ0) is 15.4. The van der Waals surface area contributed by atoms with Crippen LogP contribution in [-0.2, 0) is 0 Å². The Bertz CT molecular complexity index is 721. The second-order valence-electron chi connectivity index (χ2n) is 5.46. The molecule has 0 fully saturated rings. The Morgan fingerprint density at radius 2 is 1.27 bits per heavy atom. The second kappa shape index (κ2) is 6.59. The summed E-state index contributed by atoms with van der Waals surface area (Å²) < 4.78 is 0. The van der Waals surface area contributed by atoms with Crippen LogP contribution in [0.1, 0.15) is 11.1 Å². The molecule has 0 saturated carbocycles. The molecule has 0 aliphatic rings. The molecule has 0 bridgehead atoms. The van der Waals surface area contributed by atoms with Gasteiger partial charge in [-0.3, -0.25) is 0 Å². The van der Waals surface area contributed by atoms with E-state index in [1.807, 2.05) is 0 Å². The highest BCUT2D eigenvalue weighted by molar-refractivity contribution is 6.99. The van der Waals surface area contributed by atoms with E-state index in [1.54, 1.807) is 0 Å². The molecule has 0 atom stereocenters. The highest BCUT2D eigenvalue weighted by Crippen LogP contribution is 2.17. The van der Waals surface area contributed by atoms with Gasteiger partial charge in [-0.25, -0.2) is 0 Å². The Labute approximate surface area is 134 Å².